The number of aryl methyl sites for hydroxylation is 1. The number of fused-ring (bicyclic) bond motifs is 1. The highest BCUT2D eigenvalue weighted by molar-refractivity contribution is 9.10. The fraction of sp³-hybridized carbons (Fsp3) is 0.136. The molecule has 0 fully saturated rings. The Morgan fingerprint density at radius 3 is 2.79 bits per heavy atom. The molecule has 4 aromatic rings. The molecular formula is C22H18BrFN2OS. The fourth-order valence-electron chi connectivity index (χ4n) is 3.28. The molecule has 6 heteroatoms. The maximum atomic E-state index is 14.2. The van der Waals surface area contributed by atoms with Crippen molar-refractivity contribution in [2.45, 2.75) is 20.0 Å². The van der Waals surface area contributed by atoms with Crippen LogP contribution in [-0.4, -0.2) is 10.5 Å². The van der Waals surface area contributed by atoms with Crippen LogP contribution < -0.4 is 5.32 Å². The molecule has 1 N–H and O–H groups in total. The van der Waals surface area contributed by atoms with Crippen molar-refractivity contribution in [2.75, 3.05) is 0 Å². The van der Waals surface area contributed by atoms with E-state index in [1.54, 1.807) is 29.5 Å². The van der Waals surface area contributed by atoms with Gasteiger partial charge in [0.05, 0.1) is 21.2 Å². The summed E-state index contributed by atoms with van der Waals surface area (Å²) in [6.07, 6.45) is 0. The van der Waals surface area contributed by atoms with Crippen LogP contribution in [0.4, 0.5) is 4.39 Å². The average Bonchev–Trinajstić information content (AvgIpc) is 3.22. The van der Waals surface area contributed by atoms with Crippen LogP contribution in [-0.2, 0) is 13.1 Å². The van der Waals surface area contributed by atoms with E-state index in [2.05, 4.69) is 21.2 Å². The number of nitrogens with zero attached hydrogens (tertiary/aromatic N) is 1. The molecule has 28 heavy (non-hydrogen) atoms. The minimum Gasteiger partial charge on any atom is -0.347 e. The SMILES string of the molecule is Cc1cccc(CNC(=O)c2cc3scc(Br)c3n2Cc2ccccc2F)c1. The number of halogens is 2. The number of carbonyl (C=O) groups is 1. The smallest absolute Gasteiger partial charge is 0.268 e. The molecule has 0 saturated heterocycles. The van der Waals surface area contributed by atoms with Crippen molar-refractivity contribution in [3.8, 4) is 0 Å². The molecule has 0 aliphatic carbocycles. The van der Waals surface area contributed by atoms with Crippen molar-refractivity contribution < 1.29 is 9.18 Å². The summed E-state index contributed by atoms with van der Waals surface area (Å²) in [4.78, 5) is 12.9. The number of aromatic nitrogens is 1. The van der Waals surface area contributed by atoms with Crippen molar-refractivity contribution in [3.63, 3.8) is 0 Å². The Balaban J connectivity index is 1.66. The molecule has 0 atom stereocenters. The van der Waals surface area contributed by atoms with E-state index in [-0.39, 0.29) is 11.7 Å². The van der Waals surface area contributed by atoms with E-state index in [9.17, 15) is 9.18 Å². The highest BCUT2D eigenvalue weighted by atomic mass is 79.9. The van der Waals surface area contributed by atoms with Crippen LogP contribution >= 0.6 is 27.3 Å². The summed E-state index contributed by atoms with van der Waals surface area (Å²) in [5, 5.41) is 4.97. The van der Waals surface area contributed by atoms with Crippen LogP contribution in [0.2, 0.25) is 0 Å². The zero-order valence-electron chi connectivity index (χ0n) is 15.2. The Morgan fingerprint density at radius 2 is 2.00 bits per heavy atom. The molecule has 142 valence electrons. The molecule has 0 unspecified atom stereocenters. The van der Waals surface area contributed by atoms with Crippen LogP contribution in [0.1, 0.15) is 27.2 Å². The summed E-state index contributed by atoms with van der Waals surface area (Å²) in [7, 11) is 0. The Bertz CT molecular complexity index is 1160. The first kappa shape index (κ1) is 18.9. The second kappa shape index (κ2) is 7.89. The molecule has 0 spiro atoms. The maximum absolute atomic E-state index is 14.2. The molecule has 0 saturated carbocycles. The van der Waals surface area contributed by atoms with Crippen molar-refractivity contribution in [3.05, 3.63) is 92.7 Å². The van der Waals surface area contributed by atoms with E-state index in [1.165, 1.54) is 6.07 Å². The van der Waals surface area contributed by atoms with Crippen LogP contribution in [0.3, 0.4) is 0 Å². The van der Waals surface area contributed by atoms with Gasteiger partial charge in [0.15, 0.2) is 0 Å². The van der Waals surface area contributed by atoms with Gasteiger partial charge in [-0.25, -0.2) is 4.39 Å². The van der Waals surface area contributed by atoms with Gasteiger partial charge in [0.2, 0.25) is 0 Å². The fourth-order valence-corrected chi connectivity index (χ4v) is 4.97. The minimum atomic E-state index is -0.276. The third-order valence-corrected chi connectivity index (χ3v) is 6.46. The number of rotatable bonds is 5. The van der Waals surface area contributed by atoms with Gasteiger partial charge in [-0.05, 0) is 40.5 Å². The number of carbonyl (C=O) groups excluding carboxylic acids is 1. The summed E-state index contributed by atoms with van der Waals surface area (Å²) < 4.78 is 18.0. The molecular weight excluding hydrogens is 439 g/mol. The largest absolute Gasteiger partial charge is 0.347 e. The summed E-state index contributed by atoms with van der Waals surface area (Å²) in [6.45, 7) is 2.76. The molecule has 0 aliphatic rings. The van der Waals surface area contributed by atoms with E-state index in [0.29, 0.717) is 24.3 Å². The number of hydrogen-bond acceptors (Lipinski definition) is 2. The van der Waals surface area contributed by atoms with Crippen LogP contribution in [0, 0.1) is 12.7 Å². The number of thiophene rings is 1. The zero-order valence-corrected chi connectivity index (χ0v) is 17.6. The lowest BCUT2D eigenvalue weighted by Crippen LogP contribution is -2.25. The summed E-state index contributed by atoms with van der Waals surface area (Å²) in [6, 6.07) is 16.6. The lowest BCUT2D eigenvalue weighted by atomic mass is 10.1. The Labute approximate surface area is 174 Å². The van der Waals surface area contributed by atoms with Gasteiger partial charge in [0.25, 0.3) is 5.91 Å². The minimum absolute atomic E-state index is 0.173. The van der Waals surface area contributed by atoms with Gasteiger partial charge in [-0.2, -0.15) is 0 Å². The first-order valence-electron chi connectivity index (χ1n) is 8.86. The van der Waals surface area contributed by atoms with E-state index in [1.807, 2.05) is 47.2 Å². The maximum Gasteiger partial charge on any atom is 0.268 e. The number of hydrogen-bond donors (Lipinski definition) is 1. The van der Waals surface area contributed by atoms with Crippen LogP contribution in [0.25, 0.3) is 10.2 Å². The monoisotopic (exact) mass is 456 g/mol. The van der Waals surface area contributed by atoms with Gasteiger partial charge in [-0.1, -0.05) is 48.0 Å². The van der Waals surface area contributed by atoms with Crippen molar-refractivity contribution in [1.82, 2.24) is 9.88 Å². The number of nitrogens with one attached hydrogen (secondary N) is 1. The normalized spacial score (nSPS) is 11.1. The molecule has 2 aromatic heterocycles. The van der Waals surface area contributed by atoms with E-state index in [0.717, 1.165) is 25.8 Å². The van der Waals surface area contributed by atoms with Gasteiger partial charge in [0.1, 0.15) is 11.5 Å². The second-order valence-electron chi connectivity index (χ2n) is 6.68. The molecule has 0 radical (unpaired) electrons. The molecule has 3 nitrogen and oxygen atoms in total. The number of amides is 1. The first-order chi connectivity index (χ1) is 13.5. The van der Waals surface area contributed by atoms with Gasteiger partial charge in [-0.3, -0.25) is 4.79 Å². The zero-order chi connectivity index (χ0) is 19.7. The Hall–Kier alpha value is -2.44. The van der Waals surface area contributed by atoms with Crippen molar-refractivity contribution >= 4 is 43.4 Å². The number of benzene rings is 2. The summed E-state index contributed by atoms with van der Waals surface area (Å²) >= 11 is 5.12. The van der Waals surface area contributed by atoms with Crippen molar-refractivity contribution in [2.24, 2.45) is 0 Å². The molecule has 0 aliphatic heterocycles. The van der Waals surface area contributed by atoms with Gasteiger partial charge in [-0.15, -0.1) is 11.3 Å². The third kappa shape index (κ3) is 3.75. The van der Waals surface area contributed by atoms with E-state index < -0.39 is 0 Å². The molecule has 2 aromatic carbocycles. The predicted molar refractivity (Wildman–Crippen MR) is 115 cm³/mol. The molecule has 4 rings (SSSR count). The highest BCUT2D eigenvalue weighted by Gasteiger charge is 2.19. The Kier molecular flexibility index (Phi) is 5.33. The third-order valence-electron chi connectivity index (χ3n) is 4.63. The summed E-state index contributed by atoms with van der Waals surface area (Å²) in [5.41, 5.74) is 4.18. The lowest BCUT2D eigenvalue weighted by molar-refractivity contribution is 0.0942. The quantitative estimate of drug-likeness (QED) is 0.398. The van der Waals surface area contributed by atoms with E-state index in [4.69, 9.17) is 0 Å². The first-order valence-corrected chi connectivity index (χ1v) is 10.5. The summed E-state index contributed by atoms with van der Waals surface area (Å²) in [5.74, 6) is -0.449. The predicted octanol–water partition coefficient (Wildman–Crippen LogP) is 5.89. The molecule has 0 bridgehead atoms. The van der Waals surface area contributed by atoms with Crippen LogP contribution in [0.15, 0.2) is 64.5 Å². The van der Waals surface area contributed by atoms with Gasteiger partial charge < -0.3 is 9.88 Å². The highest BCUT2D eigenvalue weighted by Crippen LogP contribution is 2.34. The Morgan fingerprint density at radius 1 is 1.18 bits per heavy atom. The van der Waals surface area contributed by atoms with E-state index >= 15 is 0 Å². The lowest BCUT2D eigenvalue weighted by Gasteiger charge is -2.12. The van der Waals surface area contributed by atoms with Gasteiger partial charge in [0, 0.05) is 17.5 Å². The van der Waals surface area contributed by atoms with Gasteiger partial charge >= 0.3 is 0 Å². The second-order valence-corrected chi connectivity index (χ2v) is 8.44. The molecule has 1 amide bonds. The topological polar surface area (TPSA) is 34.0 Å². The standard InChI is InChI=1S/C22H18BrFN2OS/c1-14-5-4-6-15(9-14)11-25-22(27)19-10-20-21(17(23)13-28-20)26(19)12-16-7-2-3-8-18(16)24/h2-10,13H,11-12H2,1H3,(H,25,27). The van der Waals surface area contributed by atoms with Crippen LogP contribution in [0.5, 0.6) is 0 Å². The van der Waals surface area contributed by atoms with Crippen molar-refractivity contribution in [1.29, 1.82) is 0 Å². The molecule has 2 heterocycles. The average molecular weight is 457 g/mol.